The highest BCUT2D eigenvalue weighted by Crippen LogP contribution is 2.23. The summed E-state index contributed by atoms with van der Waals surface area (Å²) in [5.74, 6) is -0.417. The lowest BCUT2D eigenvalue weighted by Crippen LogP contribution is -2.18. The Hall–Kier alpha value is -2.70. The minimum atomic E-state index is -0.471. The fourth-order valence-electron chi connectivity index (χ4n) is 1.71. The highest BCUT2D eigenvalue weighted by Gasteiger charge is 2.14. The second-order valence-electron chi connectivity index (χ2n) is 4.45. The Morgan fingerprint density at radius 2 is 2.14 bits per heavy atom. The number of amides is 1. The second-order valence-corrected chi connectivity index (χ2v) is 4.45. The predicted octanol–water partition coefficient (Wildman–Crippen LogP) is 1.94. The Kier molecular flexibility index (Phi) is 4.32. The predicted molar refractivity (Wildman–Crippen MR) is 77.3 cm³/mol. The topological polar surface area (TPSA) is 67.3 Å². The summed E-state index contributed by atoms with van der Waals surface area (Å²) in [6.45, 7) is 0. The number of methoxy groups -OCH3 is 1. The summed E-state index contributed by atoms with van der Waals surface area (Å²) in [5, 5.41) is 2.66. The van der Waals surface area contributed by atoms with Gasteiger partial charge in [-0.05, 0) is 18.2 Å². The van der Waals surface area contributed by atoms with Crippen molar-refractivity contribution >= 4 is 17.4 Å². The Bertz CT molecular complexity index is 661. The minimum absolute atomic E-state index is 0.197. The maximum atomic E-state index is 13.1. The molecule has 0 unspecified atom stereocenters. The van der Waals surface area contributed by atoms with Crippen molar-refractivity contribution in [2.75, 3.05) is 31.4 Å². The molecular formula is C14H15FN4O2. The number of hydrogen-bond donors (Lipinski definition) is 1. The molecule has 1 aromatic carbocycles. The molecule has 1 aromatic heterocycles. The van der Waals surface area contributed by atoms with E-state index in [4.69, 9.17) is 4.74 Å². The van der Waals surface area contributed by atoms with Crippen molar-refractivity contribution in [3.05, 3.63) is 41.8 Å². The molecule has 21 heavy (non-hydrogen) atoms. The Morgan fingerprint density at radius 1 is 1.38 bits per heavy atom. The summed E-state index contributed by atoms with van der Waals surface area (Å²) >= 11 is 0. The molecule has 0 aliphatic rings. The van der Waals surface area contributed by atoms with E-state index >= 15 is 0 Å². The molecule has 0 spiro atoms. The normalized spacial score (nSPS) is 10.1. The first kappa shape index (κ1) is 14.7. The zero-order valence-corrected chi connectivity index (χ0v) is 11.9. The van der Waals surface area contributed by atoms with Gasteiger partial charge < -0.3 is 15.0 Å². The number of nitrogens with zero attached hydrogens (tertiary/aromatic N) is 3. The number of ether oxygens (including phenoxy) is 1. The summed E-state index contributed by atoms with van der Waals surface area (Å²) in [6.07, 6.45) is 1.44. The van der Waals surface area contributed by atoms with E-state index in [1.165, 1.54) is 31.5 Å². The summed E-state index contributed by atoms with van der Waals surface area (Å²) in [6, 6.07) is 5.63. The second kappa shape index (κ2) is 6.17. The first-order valence-corrected chi connectivity index (χ1v) is 6.16. The zero-order valence-electron chi connectivity index (χ0n) is 11.9. The molecule has 2 aromatic rings. The van der Waals surface area contributed by atoms with Gasteiger partial charge in [0.15, 0.2) is 5.82 Å². The van der Waals surface area contributed by atoms with Crippen molar-refractivity contribution in [1.82, 2.24) is 9.97 Å². The average molecular weight is 290 g/mol. The van der Waals surface area contributed by atoms with Crippen LogP contribution in [0, 0.1) is 5.82 Å². The molecule has 110 valence electrons. The van der Waals surface area contributed by atoms with Crippen LogP contribution in [-0.2, 0) is 0 Å². The van der Waals surface area contributed by atoms with E-state index in [0.717, 1.165) is 6.07 Å². The molecule has 0 aliphatic carbocycles. The monoisotopic (exact) mass is 290 g/mol. The SMILES string of the molecule is COc1ncc(NC(=O)c2cccc(F)c2)c(N(C)C)n1. The van der Waals surface area contributed by atoms with E-state index in [-0.39, 0.29) is 11.6 Å². The first-order valence-electron chi connectivity index (χ1n) is 6.16. The van der Waals surface area contributed by atoms with Crippen LogP contribution < -0.4 is 15.0 Å². The number of halogens is 1. The summed E-state index contributed by atoms with van der Waals surface area (Å²) in [7, 11) is 5.01. The Balaban J connectivity index is 2.28. The van der Waals surface area contributed by atoms with Crippen LogP contribution in [0.1, 0.15) is 10.4 Å². The van der Waals surface area contributed by atoms with Crippen LogP contribution in [0.5, 0.6) is 6.01 Å². The highest BCUT2D eigenvalue weighted by molar-refractivity contribution is 6.05. The van der Waals surface area contributed by atoms with Gasteiger partial charge >= 0.3 is 6.01 Å². The smallest absolute Gasteiger partial charge is 0.318 e. The lowest BCUT2D eigenvalue weighted by atomic mass is 10.2. The molecule has 1 N–H and O–H groups in total. The Labute approximate surface area is 121 Å². The van der Waals surface area contributed by atoms with Crippen LogP contribution in [-0.4, -0.2) is 37.1 Å². The third-order valence-corrected chi connectivity index (χ3v) is 2.69. The summed E-state index contributed by atoms with van der Waals surface area (Å²) in [4.78, 5) is 21.9. The van der Waals surface area contributed by atoms with Gasteiger partial charge in [-0.3, -0.25) is 4.79 Å². The Morgan fingerprint density at radius 3 is 2.76 bits per heavy atom. The van der Waals surface area contributed by atoms with Crippen LogP contribution in [0.3, 0.4) is 0 Å². The molecule has 0 bridgehead atoms. The van der Waals surface area contributed by atoms with Gasteiger partial charge in [0.05, 0.1) is 13.3 Å². The van der Waals surface area contributed by atoms with Crippen molar-refractivity contribution in [1.29, 1.82) is 0 Å². The number of hydrogen-bond acceptors (Lipinski definition) is 5. The quantitative estimate of drug-likeness (QED) is 0.932. The number of benzene rings is 1. The van der Waals surface area contributed by atoms with Crippen LogP contribution in [0.4, 0.5) is 15.9 Å². The van der Waals surface area contributed by atoms with Gasteiger partial charge in [-0.2, -0.15) is 4.98 Å². The molecule has 7 heteroatoms. The van der Waals surface area contributed by atoms with E-state index in [9.17, 15) is 9.18 Å². The lowest BCUT2D eigenvalue weighted by molar-refractivity contribution is 0.102. The van der Waals surface area contributed by atoms with Gasteiger partial charge in [0.1, 0.15) is 11.5 Å². The molecule has 0 fully saturated rings. The van der Waals surface area contributed by atoms with Gasteiger partial charge in [0, 0.05) is 19.7 Å². The number of carbonyl (C=O) groups is 1. The maximum Gasteiger partial charge on any atom is 0.318 e. The van der Waals surface area contributed by atoms with E-state index in [1.807, 2.05) is 0 Å². The molecule has 6 nitrogen and oxygen atoms in total. The van der Waals surface area contributed by atoms with Crippen molar-refractivity contribution in [2.45, 2.75) is 0 Å². The van der Waals surface area contributed by atoms with Crippen LogP contribution >= 0.6 is 0 Å². The third kappa shape index (κ3) is 3.44. The van der Waals surface area contributed by atoms with Crippen molar-refractivity contribution in [3.8, 4) is 6.01 Å². The van der Waals surface area contributed by atoms with E-state index in [1.54, 1.807) is 19.0 Å². The average Bonchev–Trinajstić information content (AvgIpc) is 2.47. The molecule has 2 rings (SSSR count). The maximum absolute atomic E-state index is 13.1. The number of anilines is 2. The molecule has 1 heterocycles. The van der Waals surface area contributed by atoms with Crippen LogP contribution in [0.25, 0.3) is 0 Å². The standard InChI is InChI=1S/C14H15FN4O2/c1-19(2)12-11(8-16-14(18-12)21-3)17-13(20)9-5-4-6-10(15)7-9/h4-8H,1-3H3,(H,17,20). The largest absolute Gasteiger partial charge is 0.467 e. The molecule has 0 aliphatic heterocycles. The number of rotatable bonds is 4. The fourth-order valence-corrected chi connectivity index (χ4v) is 1.71. The zero-order chi connectivity index (χ0) is 15.4. The molecule has 0 radical (unpaired) electrons. The first-order chi connectivity index (χ1) is 10.0. The molecule has 0 atom stereocenters. The van der Waals surface area contributed by atoms with Crippen molar-refractivity contribution in [2.24, 2.45) is 0 Å². The highest BCUT2D eigenvalue weighted by atomic mass is 19.1. The molecule has 1 amide bonds. The minimum Gasteiger partial charge on any atom is -0.467 e. The van der Waals surface area contributed by atoms with E-state index in [0.29, 0.717) is 11.5 Å². The molecular weight excluding hydrogens is 275 g/mol. The van der Waals surface area contributed by atoms with Gasteiger partial charge in [-0.25, -0.2) is 9.37 Å². The number of aromatic nitrogens is 2. The van der Waals surface area contributed by atoms with E-state index < -0.39 is 11.7 Å². The van der Waals surface area contributed by atoms with Crippen LogP contribution in [0.2, 0.25) is 0 Å². The molecule has 0 saturated carbocycles. The van der Waals surface area contributed by atoms with Gasteiger partial charge in [-0.1, -0.05) is 6.07 Å². The number of carbonyl (C=O) groups excluding carboxylic acids is 1. The number of nitrogens with one attached hydrogen (secondary N) is 1. The summed E-state index contributed by atoms with van der Waals surface area (Å²) < 4.78 is 18.1. The lowest BCUT2D eigenvalue weighted by Gasteiger charge is -2.16. The van der Waals surface area contributed by atoms with Crippen molar-refractivity contribution in [3.63, 3.8) is 0 Å². The molecule has 0 saturated heterocycles. The van der Waals surface area contributed by atoms with Crippen molar-refractivity contribution < 1.29 is 13.9 Å². The fraction of sp³-hybridized carbons (Fsp3) is 0.214. The third-order valence-electron chi connectivity index (χ3n) is 2.69. The van der Waals surface area contributed by atoms with E-state index in [2.05, 4.69) is 15.3 Å². The van der Waals surface area contributed by atoms with Crippen LogP contribution in [0.15, 0.2) is 30.5 Å². The van der Waals surface area contributed by atoms with Gasteiger partial charge in [0.25, 0.3) is 5.91 Å². The van der Waals surface area contributed by atoms with Gasteiger partial charge in [0.2, 0.25) is 0 Å². The summed E-state index contributed by atoms with van der Waals surface area (Å²) in [5.41, 5.74) is 0.630. The van der Waals surface area contributed by atoms with Gasteiger partial charge in [-0.15, -0.1) is 0 Å².